The summed E-state index contributed by atoms with van der Waals surface area (Å²) in [5.74, 6) is 0. The third-order valence-electron chi connectivity index (χ3n) is 3.08. The summed E-state index contributed by atoms with van der Waals surface area (Å²) >= 11 is 0. The average molecular weight is 318 g/mol. The Hall–Kier alpha value is -1.70. The van der Waals surface area contributed by atoms with Gasteiger partial charge in [0.1, 0.15) is 17.5 Å². The zero-order valence-electron chi connectivity index (χ0n) is 13.5. The number of hydrogen-bond donors (Lipinski definition) is 0. The summed E-state index contributed by atoms with van der Waals surface area (Å²) in [6.45, 7) is 8.75. The molecular weight excluding hydrogens is 295 g/mol. The molecule has 1 aliphatic heterocycles. The van der Waals surface area contributed by atoms with Gasteiger partial charge in [-0.3, -0.25) is 15.0 Å². The van der Waals surface area contributed by atoms with Gasteiger partial charge in [0.25, 0.3) is 0 Å². The van der Waals surface area contributed by atoms with Crippen LogP contribution in [-0.2, 0) is 9.47 Å². The summed E-state index contributed by atoms with van der Waals surface area (Å²) in [4.78, 5) is 23.1. The topological polar surface area (TPSA) is 81.9 Å². The Bertz CT molecular complexity index is 459. The van der Waals surface area contributed by atoms with Gasteiger partial charge in [-0.2, -0.15) is 0 Å². The van der Waals surface area contributed by atoms with Gasteiger partial charge in [-0.05, 0) is 34.6 Å². The molecule has 0 aliphatic carbocycles. The molecule has 0 spiro atoms. The molecule has 8 heteroatoms. The number of rotatable bonds is 4. The van der Waals surface area contributed by atoms with E-state index in [1.54, 1.807) is 34.6 Å². The first kappa shape index (κ1) is 18.3. The summed E-state index contributed by atoms with van der Waals surface area (Å²) < 4.78 is 24.7. The van der Waals surface area contributed by atoms with E-state index in [1.165, 1.54) is 4.90 Å². The van der Waals surface area contributed by atoms with E-state index in [9.17, 15) is 19.3 Å². The van der Waals surface area contributed by atoms with Crippen molar-refractivity contribution in [3.8, 4) is 0 Å². The lowest BCUT2D eigenvalue weighted by molar-refractivity contribution is -0.402. The van der Waals surface area contributed by atoms with Crippen molar-refractivity contribution >= 4 is 6.09 Å². The summed E-state index contributed by atoms with van der Waals surface area (Å²) in [7, 11) is 0. The molecule has 1 amide bonds. The smallest absolute Gasteiger partial charge is 0.412 e. The van der Waals surface area contributed by atoms with Crippen molar-refractivity contribution in [2.24, 2.45) is 0 Å². The molecular formula is C14H23FN2O5. The first-order valence-electron chi connectivity index (χ1n) is 7.04. The van der Waals surface area contributed by atoms with Crippen molar-refractivity contribution in [3.63, 3.8) is 0 Å². The molecule has 0 N–H and O–H groups in total. The van der Waals surface area contributed by atoms with Crippen LogP contribution in [0, 0.1) is 10.1 Å². The molecule has 2 atom stereocenters. The van der Waals surface area contributed by atoms with Gasteiger partial charge in [-0.25, -0.2) is 9.18 Å². The Labute approximate surface area is 129 Å². The van der Waals surface area contributed by atoms with Gasteiger partial charge in [-0.1, -0.05) is 0 Å². The van der Waals surface area contributed by atoms with Gasteiger partial charge in [0.2, 0.25) is 6.20 Å². The van der Waals surface area contributed by atoms with E-state index in [0.29, 0.717) is 6.20 Å². The van der Waals surface area contributed by atoms with Gasteiger partial charge in [0.05, 0.1) is 17.6 Å². The largest absolute Gasteiger partial charge is 0.444 e. The minimum atomic E-state index is -1.54. The molecule has 22 heavy (non-hydrogen) atoms. The Balaban J connectivity index is 2.81. The minimum absolute atomic E-state index is 0.0903. The van der Waals surface area contributed by atoms with Gasteiger partial charge < -0.3 is 9.47 Å². The highest BCUT2D eigenvalue weighted by molar-refractivity contribution is 5.69. The fourth-order valence-corrected chi connectivity index (χ4v) is 2.24. The fourth-order valence-electron chi connectivity index (χ4n) is 2.24. The maximum absolute atomic E-state index is 13.8. The standard InChI is InChI=1S/C14H23FN2O5/c1-13(2,3)22-12(18)17-11(9-21-14(17,4)5)8-10(15)6-7-16(19)20/h6-7,10-11H,8-9H2,1-5H3/b7-6+/t10-,11-/m0/s1. The molecule has 1 rings (SSSR count). The van der Waals surface area contributed by atoms with Crippen LogP contribution in [0.15, 0.2) is 12.3 Å². The molecule has 1 saturated heterocycles. The van der Waals surface area contributed by atoms with Gasteiger partial charge in [0, 0.05) is 12.5 Å². The number of carbonyl (C=O) groups is 1. The molecule has 0 aromatic heterocycles. The number of nitrogens with zero attached hydrogens (tertiary/aromatic N) is 2. The Morgan fingerprint density at radius 1 is 1.59 bits per heavy atom. The molecule has 1 fully saturated rings. The predicted molar refractivity (Wildman–Crippen MR) is 77.5 cm³/mol. The highest BCUT2D eigenvalue weighted by Crippen LogP contribution is 2.31. The summed E-state index contributed by atoms with van der Waals surface area (Å²) in [6.07, 6.45) is -0.807. The van der Waals surface area contributed by atoms with Crippen molar-refractivity contribution in [2.75, 3.05) is 6.61 Å². The van der Waals surface area contributed by atoms with Crippen LogP contribution >= 0.6 is 0 Å². The second kappa shape index (κ2) is 6.60. The number of carbonyl (C=O) groups excluding carboxylic acids is 1. The van der Waals surface area contributed by atoms with Crippen LogP contribution in [0.2, 0.25) is 0 Å². The Morgan fingerprint density at radius 2 is 2.18 bits per heavy atom. The lowest BCUT2D eigenvalue weighted by Gasteiger charge is -2.35. The lowest BCUT2D eigenvalue weighted by atomic mass is 10.1. The maximum Gasteiger partial charge on any atom is 0.412 e. The molecule has 126 valence electrons. The van der Waals surface area contributed by atoms with Gasteiger partial charge in [0.15, 0.2) is 0 Å². The second-order valence-corrected chi connectivity index (χ2v) is 6.64. The molecule has 0 aromatic carbocycles. The van der Waals surface area contributed by atoms with E-state index in [0.717, 1.165) is 6.08 Å². The highest BCUT2D eigenvalue weighted by Gasteiger charge is 2.46. The molecule has 0 aromatic rings. The van der Waals surface area contributed by atoms with E-state index in [1.807, 2.05) is 0 Å². The molecule has 0 bridgehead atoms. The first-order valence-corrected chi connectivity index (χ1v) is 7.04. The lowest BCUT2D eigenvalue weighted by Crippen LogP contribution is -2.50. The SMILES string of the molecule is CC(C)(C)OC(=O)N1[C@@H](C[C@@H](F)/C=C/[N+](=O)[O-])COC1(C)C. The first-order chi connectivity index (χ1) is 9.92. The number of ether oxygens (including phenoxy) is 2. The summed E-state index contributed by atoms with van der Waals surface area (Å²) in [5, 5.41) is 10.2. The van der Waals surface area contributed by atoms with Crippen LogP contribution in [-0.4, -0.2) is 46.1 Å². The van der Waals surface area contributed by atoms with Crippen LogP contribution in [0.25, 0.3) is 0 Å². The zero-order chi connectivity index (χ0) is 17.1. The van der Waals surface area contributed by atoms with E-state index < -0.39 is 34.6 Å². The number of hydrogen-bond acceptors (Lipinski definition) is 5. The van der Waals surface area contributed by atoms with Crippen LogP contribution in [0.1, 0.15) is 41.0 Å². The third kappa shape index (κ3) is 5.25. The van der Waals surface area contributed by atoms with Crippen molar-refractivity contribution in [3.05, 3.63) is 22.4 Å². The van der Waals surface area contributed by atoms with Crippen molar-refractivity contribution < 1.29 is 23.6 Å². The van der Waals surface area contributed by atoms with Crippen LogP contribution in [0.5, 0.6) is 0 Å². The van der Waals surface area contributed by atoms with Crippen molar-refractivity contribution in [1.29, 1.82) is 0 Å². The average Bonchev–Trinajstić information content (AvgIpc) is 2.59. The predicted octanol–water partition coefficient (Wildman–Crippen LogP) is 2.88. The zero-order valence-corrected chi connectivity index (χ0v) is 13.5. The minimum Gasteiger partial charge on any atom is -0.444 e. The molecule has 7 nitrogen and oxygen atoms in total. The molecule has 1 aliphatic rings. The number of halogens is 1. The summed E-state index contributed by atoms with van der Waals surface area (Å²) in [5.41, 5.74) is -1.60. The number of amides is 1. The molecule has 0 unspecified atom stereocenters. The molecule has 0 radical (unpaired) electrons. The quantitative estimate of drug-likeness (QED) is 0.588. The Morgan fingerprint density at radius 3 is 2.68 bits per heavy atom. The number of allylic oxidation sites excluding steroid dienone is 1. The molecule has 0 saturated carbocycles. The number of alkyl halides is 1. The van der Waals surface area contributed by atoms with Crippen LogP contribution < -0.4 is 0 Å². The number of nitro groups is 1. The normalized spacial score (nSPS) is 22.8. The third-order valence-corrected chi connectivity index (χ3v) is 3.08. The van der Waals surface area contributed by atoms with E-state index >= 15 is 0 Å². The maximum atomic E-state index is 13.8. The molecule has 1 heterocycles. The summed E-state index contributed by atoms with van der Waals surface area (Å²) in [6, 6.07) is -0.545. The Kier molecular flexibility index (Phi) is 5.50. The van der Waals surface area contributed by atoms with E-state index in [4.69, 9.17) is 9.47 Å². The van der Waals surface area contributed by atoms with E-state index in [-0.39, 0.29) is 13.0 Å². The second-order valence-electron chi connectivity index (χ2n) is 6.64. The van der Waals surface area contributed by atoms with Crippen molar-refractivity contribution in [2.45, 2.75) is 64.6 Å². The van der Waals surface area contributed by atoms with Crippen LogP contribution in [0.3, 0.4) is 0 Å². The fraction of sp³-hybridized carbons (Fsp3) is 0.786. The monoisotopic (exact) mass is 318 g/mol. The van der Waals surface area contributed by atoms with Crippen molar-refractivity contribution in [1.82, 2.24) is 4.90 Å². The van der Waals surface area contributed by atoms with Crippen LogP contribution in [0.4, 0.5) is 9.18 Å². The van der Waals surface area contributed by atoms with Gasteiger partial charge in [-0.15, -0.1) is 0 Å². The highest BCUT2D eigenvalue weighted by atomic mass is 19.1. The van der Waals surface area contributed by atoms with Gasteiger partial charge >= 0.3 is 6.09 Å². The van der Waals surface area contributed by atoms with E-state index in [2.05, 4.69) is 0 Å².